The molecule has 0 fully saturated rings. The molecule has 126 valence electrons. The Hall–Kier alpha value is -1.72. The van der Waals surface area contributed by atoms with Gasteiger partial charge in [0.25, 0.3) is 11.6 Å². The van der Waals surface area contributed by atoms with Crippen molar-refractivity contribution in [2.45, 2.75) is 0 Å². The Kier molecular flexibility index (Phi) is 6.52. The number of furan rings is 1. The van der Waals surface area contributed by atoms with Crippen molar-refractivity contribution in [1.82, 2.24) is 5.43 Å². The van der Waals surface area contributed by atoms with Crippen LogP contribution in [0.3, 0.4) is 0 Å². The number of carbonyl (C=O) groups is 1. The smallest absolute Gasteiger partial charge is 0.277 e. The minimum Gasteiger partial charge on any atom is -0.483 e. The Morgan fingerprint density at radius 2 is 2.08 bits per heavy atom. The predicted octanol–water partition coefficient (Wildman–Crippen LogP) is 4.00. The third-order valence-electron chi connectivity index (χ3n) is 2.53. The molecule has 1 aromatic carbocycles. The van der Waals surface area contributed by atoms with Gasteiger partial charge in [0.2, 0.25) is 0 Å². The number of non-ortho nitro benzene ring substituents is 1. The zero-order valence-electron chi connectivity index (χ0n) is 11.7. The SMILES string of the molecule is O=C(COc1ccc([N+](=O)[O-])cc1Br)N/N=C/c1cc(Br)c(Br)o1. The zero-order valence-corrected chi connectivity index (χ0v) is 16.4. The Morgan fingerprint density at radius 3 is 2.67 bits per heavy atom. The van der Waals surface area contributed by atoms with Crippen LogP contribution in [-0.2, 0) is 4.79 Å². The summed E-state index contributed by atoms with van der Waals surface area (Å²) in [5, 5.41) is 14.4. The number of hydrogen-bond acceptors (Lipinski definition) is 6. The van der Waals surface area contributed by atoms with Gasteiger partial charge < -0.3 is 9.15 Å². The molecule has 0 bridgehead atoms. The normalized spacial score (nSPS) is 10.8. The van der Waals surface area contributed by atoms with Crippen LogP contribution in [0.1, 0.15) is 5.76 Å². The summed E-state index contributed by atoms with van der Waals surface area (Å²) in [7, 11) is 0. The molecule has 11 heteroatoms. The van der Waals surface area contributed by atoms with Crippen LogP contribution < -0.4 is 10.2 Å². The molecule has 0 aliphatic heterocycles. The fraction of sp³-hybridized carbons (Fsp3) is 0.0769. The summed E-state index contributed by atoms with van der Waals surface area (Å²) in [4.78, 5) is 21.8. The van der Waals surface area contributed by atoms with Gasteiger partial charge in [-0.05, 0) is 53.9 Å². The van der Waals surface area contributed by atoms with Crippen molar-refractivity contribution >= 4 is 65.6 Å². The predicted molar refractivity (Wildman–Crippen MR) is 96.1 cm³/mol. The number of ether oxygens (including phenoxy) is 1. The highest BCUT2D eigenvalue weighted by molar-refractivity contribution is 9.13. The molecule has 1 heterocycles. The summed E-state index contributed by atoms with van der Waals surface area (Å²) in [6, 6.07) is 5.64. The van der Waals surface area contributed by atoms with Crippen LogP contribution in [0.2, 0.25) is 0 Å². The molecule has 24 heavy (non-hydrogen) atoms. The van der Waals surface area contributed by atoms with Crippen molar-refractivity contribution in [3.05, 3.63) is 53.8 Å². The minimum absolute atomic E-state index is 0.0842. The van der Waals surface area contributed by atoms with Crippen molar-refractivity contribution < 1.29 is 18.9 Å². The number of amides is 1. The van der Waals surface area contributed by atoms with Gasteiger partial charge in [-0.15, -0.1) is 0 Å². The third kappa shape index (κ3) is 5.14. The third-order valence-corrected chi connectivity index (χ3v) is 4.86. The van der Waals surface area contributed by atoms with Crippen LogP contribution in [0, 0.1) is 10.1 Å². The molecule has 0 aliphatic carbocycles. The van der Waals surface area contributed by atoms with Gasteiger partial charge in [-0.25, -0.2) is 5.43 Å². The van der Waals surface area contributed by atoms with E-state index in [2.05, 4.69) is 58.3 Å². The summed E-state index contributed by atoms with van der Waals surface area (Å²) < 4.78 is 12.1. The Morgan fingerprint density at radius 1 is 1.33 bits per heavy atom. The highest BCUT2D eigenvalue weighted by Gasteiger charge is 2.11. The maximum Gasteiger partial charge on any atom is 0.277 e. The summed E-state index contributed by atoms with van der Waals surface area (Å²) in [6.07, 6.45) is 1.33. The van der Waals surface area contributed by atoms with E-state index in [9.17, 15) is 14.9 Å². The van der Waals surface area contributed by atoms with E-state index in [1.807, 2.05) is 0 Å². The molecule has 1 amide bonds. The van der Waals surface area contributed by atoms with E-state index in [1.165, 1.54) is 24.4 Å². The van der Waals surface area contributed by atoms with E-state index in [4.69, 9.17) is 9.15 Å². The molecule has 8 nitrogen and oxygen atoms in total. The fourth-order valence-electron chi connectivity index (χ4n) is 1.49. The maximum atomic E-state index is 11.6. The topological polar surface area (TPSA) is 107 Å². The molecule has 0 radical (unpaired) electrons. The quantitative estimate of drug-likeness (QED) is 0.348. The number of nitro benzene ring substituents is 1. The standard InChI is InChI=1S/C13H8Br3N3O5/c14-9-3-7(19(21)22)1-2-11(9)23-6-12(20)18-17-5-8-4-10(15)13(16)24-8/h1-5H,6H2,(H,18,20)/b17-5+. The highest BCUT2D eigenvalue weighted by Crippen LogP contribution is 2.29. The first kappa shape index (κ1) is 18.6. The molecule has 0 atom stereocenters. The lowest BCUT2D eigenvalue weighted by atomic mass is 10.3. The van der Waals surface area contributed by atoms with Crippen LogP contribution in [0.25, 0.3) is 0 Å². The first-order chi connectivity index (χ1) is 11.4. The van der Waals surface area contributed by atoms with Crippen LogP contribution in [0.15, 0.2) is 47.4 Å². The molecule has 2 aromatic rings. The van der Waals surface area contributed by atoms with Gasteiger partial charge in [-0.1, -0.05) is 0 Å². The fourth-order valence-corrected chi connectivity index (χ4v) is 2.58. The van der Waals surface area contributed by atoms with Crippen molar-refractivity contribution in [3.63, 3.8) is 0 Å². The van der Waals surface area contributed by atoms with Crippen molar-refractivity contribution in [2.75, 3.05) is 6.61 Å². The first-order valence-electron chi connectivity index (χ1n) is 6.20. The molecular formula is C13H8Br3N3O5. The second-order valence-corrected chi connectivity index (χ2v) is 6.65. The summed E-state index contributed by atoms with van der Waals surface area (Å²) in [5.74, 6) is 0.243. The van der Waals surface area contributed by atoms with Crippen molar-refractivity contribution in [1.29, 1.82) is 0 Å². The number of nitro groups is 1. The van der Waals surface area contributed by atoms with Crippen LogP contribution in [0.4, 0.5) is 5.69 Å². The summed E-state index contributed by atoms with van der Waals surface area (Å²) in [5.41, 5.74) is 2.19. The van der Waals surface area contributed by atoms with E-state index in [1.54, 1.807) is 6.07 Å². The van der Waals surface area contributed by atoms with E-state index in [-0.39, 0.29) is 12.3 Å². The largest absolute Gasteiger partial charge is 0.483 e. The molecule has 0 saturated carbocycles. The number of halogens is 3. The van der Waals surface area contributed by atoms with Crippen LogP contribution >= 0.6 is 47.8 Å². The second kappa shape index (κ2) is 8.40. The zero-order chi connectivity index (χ0) is 17.7. The Balaban J connectivity index is 1.86. The van der Waals surface area contributed by atoms with Gasteiger partial charge in [0.15, 0.2) is 11.3 Å². The number of hydrogen-bond donors (Lipinski definition) is 1. The molecule has 0 aliphatic rings. The molecule has 0 saturated heterocycles. The minimum atomic E-state index is -0.526. The Labute approximate surface area is 160 Å². The average molecular weight is 526 g/mol. The average Bonchev–Trinajstić information content (AvgIpc) is 2.84. The van der Waals surface area contributed by atoms with Gasteiger partial charge >= 0.3 is 0 Å². The summed E-state index contributed by atoms with van der Waals surface area (Å²) in [6.45, 7) is -0.306. The van der Waals surface area contributed by atoms with E-state index < -0.39 is 10.8 Å². The van der Waals surface area contributed by atoms with Crippen molar-refractivity contribution in [3.8, 4) is 5.75 Å². The number of carbonyl (C=O) groups excluding carboxylic acids is 1. The lowest BCUT2D eigenvalue weighted by Gasteiger charge is -2.06. The number of nitrogens with zero attached hydrogens (tertiary/aromatic N) is 2. The summed E-state index contributed by atoms with van der Waals surface area (Å²) >= 11 is 9.58. The second-order valence-electron chi connectivity index (χ2n) is 4.22. The van der Waals surface area contributed by atoms with E-state index >= 15 is 0 Å². The van der Waals surface area contributed by atoms with Gasteiger partial charge in [0.05, 0.1) is 20.1 Å². The number of nitrogens with one attached hydrogen (secondary N) is 1. The number of benzene rings is 1. The highest BCUT2D eigenvalue weighted by atomic mass is 79.9. The van der Waals surface area contributed by atoms with Gasteiger partial charge in [0, 0.05) is 18.2 Å². The first-order valence-corrected chi connectivity index (χ1v) is 8.58. The van der Waals surface area contributed by atoms with Crippen LogP contribution in [0.5, 0.6) is 5.75 Å². The molecule has 1 N–H and O–H groups in total. The van der Waals surface area contributed by atoms with E-state index in [0.717, 1.165) is 4.47 Å². The number of hydrazone groups is 1. The molecular weight excluding hydrogens is 518 g/mol. The maximum absolute atomic E-state index is 11.6. The van der Waals surface area contributed by atoms with Crippen LogP contribution in [-0.4, -0.2) is 23.7 Å². The van der Waals surface area contributed by atoms with Gasteiger partial charge in [0.1, 0.15) is 11.5 Å². The van der Waals surface area contributed by atoms with Gasteiger partial charge in [-0.2, -0.15) is 5.10 Å². The van der Waals surface area contributed by atoms with Crippen molar-refractivity contribution in [2.24, 2.45) is 5.10 Å². The molecule has 1 aromatic heterocycles. The lowest BCUT2D eigenvalue weighted by Crippen LogP contribution is -2.24. The number of rotatable bonds is 6. The van der Waals surface area contributed by atoms with E-state index in [0.29, 0.717) is 20.7 Å². The molecule has 2 rings (SSSR count). The molecule has 0 unspecified atom stereocenters. The Bertz CT molecular complexity index is 787. The molecule has 0 spiro atoms. The van der Waals surface area contributed by atoms with Gasteiger partial charge in [-0.3, -0.25) is 14.9 Å². The lowest BCUT2D eigenvalue weighted by molar-refractivity contribution is -0.384. The monoisotopic (exact) mass is 523 g/mol.